The highest BCUT2D eigenvalue weighted by Crippen LogP contribution is 2.34. The van der Waals surface area contributed by atoms with Crippen molar-refractivity contribution < 1.29 is 27.1 Å². The van der Waals surface area contributed by atoms with Crippen molar-refractivity contribution in [2.24, 2.45) is 0 Å². The van der Waals surface area contributed by atoms with Gasteiger partial charge in [0, 0.05) is 40.8 Å². The highest BCUT2D eigenvalue weighted by molar-refractivity contribution is 9.10. The van der Waals surface area contributed by atoms with E-state index in [9.17, 15) is 22.4 Å². The van der Waals surface area contributed by atoms with E-state index in [2.05, 4.69) is 35.4 Å². The summed E-state index contributed by atoms with van der Waals surface area (Å²) in [5.74, 6) is -1.27. The molecule has 198 valence electrons. The van der Waals surface area contributed by atoms with E-state index in [-0.39, 0.29) is 17.4 Å². The Balaban J connectivity index is 1.27. The molecule has 12 heteroatoms. The van der Waals surface area contributed by atoms with Crippen LogP contribution in [-0.2, 0) is 6.54 Å². The second-order valence-corrected chi connectivity index (χ2v) is 11.4. The van der Waals surface area contributed by atoms with Crippen molar-refractivity contribution in [2.45, 2.75) is 56.8 Å². The van der Waals surface area contributed by atoms with Gasteiger partial charge in [0.15, 0.2) is 0 Å². The number of rotatable bonds is 7. The fourth-order valence-electron chi connectivity index (χ4n) is 4.57. The first-order valence-corrected chi connectivity index (χ1v) is 13.7. The topological polar surface area (TPSA) is 59.4 Å². The van der Waals surface area contributed by atoms with E-state index >= 15 is 0 Å². The van der Waals surface area contributed by atoms with Gasteiger partial charge in [0.2, 0.25) is 0 Å². The minimum Gasteiger partial charge on any atom is -0.406 e. The number of likely N-dealkylation sites (tertiary alicyclic amines) is 1. The number of benzene rings is 2. The Hall–Kier alpha value is -2.31. The molecule has 0 unspecified atom stereocenters. The molecule has 0 bridgehead atoms. The van der Waals surface area contributed by atoms with Gasteiger partial charge in [-0.1, -0.05) is 15.9 Å². The van der Waals surface area contributed by atoms with Crippen molar-refractivity contribution >= 4 is 44.7 Å². The van der Waals surface area contributed by atoms with Crippen molar-refractivity contribution in [1.82, 2.24) is 19.4 Å². The lowest BCUT2D eigenvalue weighted by molar-refractivity contribution is -0.274. The van der Waals surface area contributed by atoms with Crippen molar-refractivity contribution in [3.8, 4) is 5.75 Å². The third-order valence-corrected chi connectivity index (χ3v) is 8.50. The van der Waals surface area contributed by atoms with Gasteiger partial charge in [-0.05, 0) is 74.4 Å². The normalized spacial score (nSPS) is 17.4. The molecular formula is C25H25BrF4N4O2S. The predicted molar refractivity (Wildman–Crippen MR) is 137 cm³/mol. The molecule has 2 heterocycles. The number of carbonyl (C=O) groups is 1. The lowest BCUT2D eigenvalue weighted by atomic mass is 10.0. The molecule has 2 aliphatic rings. The van der Waals surface area contributed by atoms with Crippen LogP contribution < -0.4 is 9.46 Å². The average Bonchev–Trinajstić information content (AvgIpc) is 3.62. The summed E-state index contributed by atoms with van der Waals surface area (Å²) in [5, 5.41) is 5.84. The largest absolute Gasteiger partial charge is 0.573 e. The number of ether oxygens (including phenoxy) is 1. The Kier molecular flexibility index (Phi) is 7.43. The van der Waals surface area contributed by atoms with Crippen LogP contribution in [0.1, 0.15) is 53.3 Å². The molecule has 1 aromatic heterocycles. The van der Waals surface area contributed by atoms with Crippen LogP contribution in [0, 0.1) is 12.7 Å². The van der Waals surface area contributed by atoms with E-state index < -0.39 is 18.1 Å². The van der Waals surface area contributed by atoms with E-state index in [4.69, 9.17) is 0 Å². The second-order valence-electron chi connectivity index (χ2n) is 9.44. The monoisotopic (exact) mass is 600 g/mol. The van der Waals surface area contributed by atoms with Gasteiger partial charge in [-0.15, -0.1) is 13.2 Å². The lowest BCUT2D eigenvalue weighted by Crippen LogP contribution is -2.34. The summed E-state index contributed by atoms with van der Waals surface area (Å²) < 4.78 is 62.1. The average molecular weight is 601 g/mol. The van der Waals surface area contributed by atoms with E-state index in [0.717, 1.165) is 36.8 Å². The number of nitrogens with one attached hydrogen (secondary N) is 1. The van der Waals surface area contributed by atoms with Gasteiger partial charge >= 0.3 is 6.36 Å². The van der Waals surface area contributed by atoms with E-state index in [1.807, 2.05) is 11.6 Å². The minimum absolute atomic E-state index is 0.0143. The van der Waals surface area contributed by atoms with Crippen molar-refractivity contribution in [2.75, 3.05) is 13.1 Å². The summed E-state index contributed by atoms with van der Waals surface area (Å²) in [6, 6.07) is 7.23. The summed E-state index contributed by atoms with van der Waals surface area (Å²) in [6.45, 7) is 3.71. The maximum atomic E-state index is 14.9. The number of hydrogen-bond acceptors (Lipinski definition) is 5. The Morgan fingerprint density at radius 3 is 2.59 bits per heavy atom. The van der Waals surface area contributed by atoms with Crippen LogP contribution in [0.15, 0.2) is 34.8 Å². The molecule has 37 heavy (non-hydrogen) atoms. The van der Waals surface area contributed by atoms with Gasteiger partial charge in [0.25, 0.3) is 5.91 Å². The number of halogens is 5. The summed E-state index contributed by atoms with van der Waals surface area (Å²) in [4.78, 5) is 14.6. The zero-order chi connectivity index (χ0) is 26.3. The van der Waals surface area contributed by atoms with Crippen LogP contribution in [0.5, 0.6) is 5.75 Å². The number of aromatic nitrogens is 2. The number of aryl methyl sites for hydroxylation is 1. The molecule has 2 aromatic carbocycles. The molecule has 5 rings (SSSR count). The molecule has 1 aliphatic heterocycles. The number of carbonyl (C=O) groups excluding carboxylic acids is 1. The Morgan fingerprint density at radius 1 is 1.19 bits per heavy atom. The minimum atomic E-state index is -4.74. The molecule has 0 radical (unpaired) electrons. The van der Waals surface area contributed by atoms with E-state index in [1.54, 1.807) is 12.1 Å². The van der Waals surface area contributed by atoms with Crippen molar-refractivity contribution in [3.63, 3.8) is 0 Å². The molecule has 2 fully saturated rings. The third kappa shape index (κ3) is 6.23. The fraction of sp³-hybridized carbons (Fsp3) is 0.440. The second kappa shape index (κ2) is 10.5. The molecular weight excluding hydrogens is 576 g/mol. The van der Waals surface area contributed by atoms with Gasteiger partial charge in [0.1, 0.15) is 11.6 Å². The molecule has 1 amide bonds. The maximum absolute atomic E-state index is 14.9. The molecule has 1 N–H and O–H groups in total. The van der Waals surface area contributed by atoms with Crippen molar-refractivity contribution in [3.05, 3.63) is 57.4 Å². The van der Waals surface area contributed by atoms with Crippen LogP contribution in [0.4, 0.5) is 17.6 Å². The molecule has 6 nitrogen and oxygen atoms in total. The maximum Gasteiger partial charge on any atom is 0.573 e. The zero-order valence-corrected chi connectivity index (χ0v) is 22.3. The highest BCUT2D eigenvalue weighted by Gasteiger charge is 2.31. The standard InChI is InChI=1S/C25H25BrF4N4O2S/c1-14-19-11-20(24(35)32-37-18-3-4-18)22(27)12-23(19)34(31-14)16-6-8-33(9-7-16)13-15-10-17(2-5-21(15)26)36-25(28,29)30/h2,5,10-12,16,18H,3-4,6-9,13H2,1H3,(H,32,35). The van der Waals surface area contributed by atoms with Gasteiger partial charge in [0.05, 0.1) is 22.8 Å². The molecule has 1 saturated carbocycles. The number of amides is 1. The van der Waals surface area contributed by atoms with E-state index in [0.29, 0.717) is 40.4 Å². The Morgan fingerprint density at radius 2 is 1.92 bits per heavy atom. The van der Waals surface area contributed by atoms with Gasteiger partial charge < -0.3 is 4.74 Å². The van der Waals surface area contributed by atoms with Crippen LogP contribution in [0.3, 0.4) is 0 Å². The Bertz CT molecular complexity index is 1320. The van der Waals surface area contributed by atoms with E-state index in [1.165, 1.54) is 30.1 Å². The summed E-state index contributed by atoms with van der Waals surface area (Å²) in [7, 11) is 0. The first-order chi connectivity index (χ1) is 17.6. The fourth-order valence-corrected chi connectivity index (χ4v) is 5.70. The molecule has 3 aromatic rings. The number of alkyl halides is 3. The van der Waals surface area contributed by atoms with Gasteiger partial charge in [-0.3, -0.25) is 19.1 Å². The molecule has 1 aliphatic carbocycles. The summed E-state index contributed by atoms with van der Waals surface area (Å²) in [5.41, 5.74) is 2.10. The Labute approximate surface area is 224 Å². The zero-order valence-electron chi connectivity index (χ0n) is 19.9. The quantitative estimate of drug-likeness (QED) is 0.247. The van der Waals surface area contributed by atoms with Gasteiger partial charge in [-0.2, -0.15) is 5.10 Å². The third-order valence-electron chi connectivity index (χ3n) is 6.61. The number of fused-ring (bicyclic) bond motifs is 1. The summed E-state index contributed by atoms with van der Waals surface area (Å²) in [6.07, 6.45) is -1.13. The van der Waals surface area contributed by atoms with Crippen molar-refractivity contribution in [1.29, 1.82) is 0 Å². The molecule has 1 saturated heterocycles. The smallest absolute Gasteiger partial charge is 0.406 e. The van der Waals surface area contributed by atoms with Crippen LogP contribution >= 0.6 is 27.9 Å². The number of hydrogen-bond donors (Lipinski definition) is 1. The molecule has 0 spiro atoms. The molecule has 0 atom stereocenters. The van der Waals surface area contributed by atoms with Crippen LogP contribution in [-0.4, -0.2) is 45.3 Å². The SMILES string of the molecule is Cc1nn(C2CCN(Cc3cc(OC(F)(F)F)ccc3Br)CC2)c2cc(F)c(C(=O)NSC3CC3)cc12. The van der Waals surface area contributed by atoms with Crippen LogP contribution in [0.2, 0.25) is 0 Å². The lowest BCUT2D eigenvalue weighted by Gasteiger charge is -2.32. The highest BCUT2D eigenvalue weighted by atomic mass is 79.9. The number of nitrogens with zero attached hydrogens (tertiary/aromatic N) is 3. The first kappa shape index (κ1) is 26.3. The van der Waals surface area contributed by atoms with Gasteiger partial charge in [-0.25, -0.2) is 4.39 Å². The van der Waals surface area contributed by atoms with Crippen LogP contribution in [0.25, 0.3) is 10.9 Å². The predicted octanol–water partition coefficient (Wildman–Crippen LogP) is 6.52. The number of piperidine rings is 1. The summed E-state index contributed by atoms with van der Waals surface area (Å²) >= 11 is 4.76. The first-order valence-electron chi connectivity index (χ1n) is 12.0.